The summed E-state index contributed by atoms with van der Waals surface area (Å²) in [5, 5.41) is 9.81. The van der Waals surface area contributed by atoms with Crippen molar-refractivity contribution in [3.05, 3.63) is 53.7 Å². The third kappa shape index (κ3) is 1.73. The number of rotatable bonds is 2. The average Bonchev–Trinajstić information content (AvgIpc) is 2.76. The van der Waals surface area contributed by atoms with Crippen molar-refractivity contribution in [3.63, 3.8) is 0 Å². The van der Waals surface area contributed by atoms with Gasteiger partial charge in [0.2, 0.25) is 0 Å². The minimum absolute atomic E-state index is 0.359. The number of fused-ring (bicyclic) bond motifs is 1. The van der Waals surface area contributed by atoms with Gasteiger partial charge in [-0.2, -0.15) is 0 Å². The average molecular weight is 225 g/mol. The molecule has 0 radical (unpaired) electrons. The lowest BCUT2D eigenvalue weighted by Gasteiger charge is -2.04. The molecule has 84 valence electrons. The standard InChI is InChI=1S/C13H11N3O/c14-13-12(15-17-16-13)8-10-6-3-5-9-4-1-2-7-11(9)10/h1-7H,8H2,(H2,14,16). The summed E-state index contributed by atoms with van der Waals surface area (Å²) in [6, 6.07) is 14.4. The molecule has 1 aromatic heterocycles. The molecular formula is C13H11N3O. The molecule has 3 aromatic rings. The summed E-state index contributed by atoms with van der Waals surface area (Å²) in [5.74, 6) is 0.359. The molecule has 0 aliphatic carbocycles. The van der Waals surface area contributed by atoms with E-state index in [2.05, 4.69) is 39.2 Å². The van der Waals surface area contributed by atoms with E-state index in [0.29, 0.717) is 17.9 Å². The first-order valence-electron chi connectivity index (χ1n) is 5.38. The largest absolute Gasteiger partial charge is 0.379 e. The highest BCUT2D eigenvalue weighted by atomic mass is 16.6. The molecule has 0 saturated carbocycles. The Bertz CT molecular complexity index is 655. The van der Waals surface area contributed by atoms with Gasteiger partial charge in [-0.05, 0) is 21.5 Å². The van der Waals surface area contributed by atoms with E-state index in [4.69, 9.17) is 5.73 Å². The topological polar surface area (TPSA) is 64.9 Å². The van der Waals surface area contributed by atoms with Gasteiger partial charge in [0.15, 0.2) is 5.82 Å². The van der Waals surface area contributed by atoms with Crippen molar-refractivity contribution in [1.29, 1.82) is 0 Å². The Hall–Kier alpha value is -2.36. The molecule has 17 heavy (non-hydrogen) atoms. The molecule has 2 aromatic carbocycles. The monoisotopic (exact) mass is 225 g/mol. The van der Waals surface area contributed by atoms with Gasteiger partial charge in [-0.3, -0.25) is 0 Å². The molecule has 0 atom stereocenters. The first kappa shape index (κ1) is 9.84. The summed E-state index contributed by atoms with van der Waals surface area (Å²) in [6.07, 6.45) is 0.636. The highest BCUT2D eigenvalue weighted by molar-refractivity contribution is 5.85. The molecule has 0 amide bonds. The lowest BCUT2D eigenvalue weighted by atomic mass is 10.0. The van der Waals surface area contributed by atoms with Crippen LogP contribution in [0.5, 0.6) is 0 Å². The summed E-state index contributed by atoms with van der Waals surface area (Å²) in [4.78, 5) is 0. The Labute approximate surface area is 98.0 Å². The number of anilines is 1. The highest BCUT2D eigenvalue weighted by Crippen LogP contribution is 2.21. The van der Waals surface area contributed by atoms with E-state index in [1.165, 1.54) is 16.3 Å². The molecule has 0 saturated heterocycles. The van der Waals surface area contributed by atoms with Crippen molar-refractivity contribution >= 4 is 16.6 Å². The van der Waals surface area contributed by atoms with Gasteiger partial charge in [0, 0.05) is 6.42 Å². The fourth-order valence-corrected chi connectivity index (χ4v) is 1.96. The maximum Gasteiger partial charge on any atom is 0.191 e. The highest BCUT2D eigenvalue weighted by Gasteiger charge is 2.08. The van der Waals surface area contributed by atoms with Gasteiger partial charge < -0.3 is 5.73 Å². The normalized spacial score (nSPS) is 10.8. The number of nitrogens with two attached hydrogens (primary N) is 1. The fourth-order valence-electron chi connectivity index (χ4n) is 1.96. The van der Waals surface area contributed by atoms with Crippen LogP contribution in [0.2, 0.25) is 0 Å². The summed E-state index contributed by atoms with van der Waals surface area (Å²) in [6.45, 7) is 0. The molecule has 4 nitrogen and oxygen atoms in total. The molecule has 0 spiro atoms. The predicted octanol–water partition coefficient (Wildman–Crippen LogP) is 2.40. The first-order chi connectivity index (χ1) is 8.34. The molecule has 0 fully saturated rings. The zero-order chi connectivity index (χ0) is 11.7. The summed E-state index contributed by atoms with van der Waals surface area (Å²) < 4.78 is 4.60. The van der Waals surface area contributed by atoms with Crippen LogP contribution in [0.4, 0.5) is 5.82 Å². The lowest BCUT2D eigenvalue weighted by Crippen LogP contribution is -1.95. The number of nitrogens with zero attached hydrogens (tertiary/aromatic N) is 2. The maximum absolute atomic E-state index is 5.67. The zero-order valence-electron chi connectivity index (χ0n) is 9.13. The van der Waals surface area contributed by atoms with E-state index in [1.54, 1.807) is 0 Å². The quantitative estimate of drug-likeness (QED) is 0.727. The number of hydrogen-bond donors (Lipinski definition) is 1. The van der Waals surface area contributed by atoms with E-state index < -0.39 is 0 Å². The minimum Gasteiger partial charge on any atom is -0.379 e. The van der Waals surface area contributed by atoms with E-state index >= 15 is 0 Å². The molecule has 2 N–H and O–H groups in total. The van der Waals surface area contributed by atoms with Gasteiger partial charge in [0.25, 0.3) is 0 Å². The van der Waals surface area contributed by atoms with Crippen LogP contribution in [0.15, 0.2) is 47.1 Å². The molecule has 0 unspecified atom stereocenters. The van der Waals surface area contributed by atoms with Crippen LogP contribution in [0.25, 0.3) is 10.8 Å². The van der Waals surface area contributed by atoms with Crippen LogP contribution in [0, 0.1) is 0 Å². The van der Waals surface area contributed by atoms with Crippen LogP contribution in [0.1, 0.15) is 11.3 Å². The second-order valence-electron chi connectivity index (χ2n) is 3.91. The maximum atomic E-state index is 5.67. The van der Waals surface area contributed by atoms with Crippen LogP contribution >= 0.6 is 0 Å². The van der Waals surface area contributed by atoms with Crippen LogP contribution in [-0.2, 0) is 6.42 Å². The molecule has 0 bridgehead atoms. The summed E-state index contributed by atoms with van der Waals surface area (Å²) in [7, 11) is 0. The Morgan fingerprint density at radius 1 is 1.00 bits per heavy atom. The van der Waals surface area contributed by atoms with Crippen LogP contribution < -0.4 is 5.73 Å². The van der Waals surface area contributed by atoms with Crippen molar-refractivity contribution in [2.45, 2.75) is 6.42 Å². The number of hydrogen-bond acceptors (Lipinski definition) is 4. The van der Waals surface area contributed by atoms with Gasteiger partial charge in [-0.15, -0.1) is 0 Å². The minimum atomic E-state index is 0.359. The summed E-state index contributed by atoms with van der Waals surface area (Å²) >= 11 is 0. The molecule has 3 rings (SSSR count). The van der Waals surface area contributed by atoms with Gasteiger partial charge >= 0.3 is 0 Å². The summed E-state index contributed by atoms with van der Waals surface area (Å²) in [5.41, 5.74) is 7.52. The molecule has 0 aliphatic rings. The van der Waals surface area contributed by atoms with E-state index in [9.17, 15) is 0 Å². The van der Waals surface area contributed by atoms with Crippen molar-refractivity contribution < 1.29 is 4.63 Å². The number of benzene rings is 2. The Morgan fingerprint density at radius 3 is 2.65 bits per heavy atom. The predicted molar refractivity (Wildman–Crippen MR) is 65.5 cm³/mol. The van der Waals surface area contributed by atoms with E-state index in [0.717, 1.165) is 0 Å². The number of aromatic nitrogens is 2. The van der Waals surface area contributed by atoms with Crippen molar-refractivity contribution in [2.24, 2.45) is 0 Å². The van der Waals surface area contributed by atoms with Gasteiger partial charge in [0.1, 0.15) is 5.69 Å². The van der Waals surface area contributed by atoms with Gasteiger partial charge in [0.05, 0.1) is 0 Å². The van der Waals surface area contributed by atoms with Crippen LogP contribution in [-0.4, -0.2) is 10.3 Å². The second-order valence-corrected chi connectivity index (χ2v) is 3.91. The molecule has 4 heteroatoms. The molecular weight excluding hydrogens is 214 g/mol. The second kappa shape index (κ2) is 3.90. The first-order valence-corrected chi connectivity index (χ1v) is 5.38. The van der Waals surface area contributed by atoms with E-state index in [-0.39, 0.29) is 0 Å². The Balaban J connectivity index is 2.09. The molecule has 1 heterocycles. The third-order valence-electron chi connectivity index (χ3n) is 2.82. The van der Waals surface area contributed by atoms with Gasteiger partial charge in [-0.1, -0.05) is 47.6 Å². The van der Waals surface area contributed by atoms with Crippen molar-refractivity contribution in [3.8, 4) is 0 Å². The lowest BCUT2D eigenvalue weighted by molar-refractivity contribution is 0.305. The van der Waals surface area contributed by atoms with Crippen molar-refractivity contribution in [1.82, 2.24) is 10.3 Å². The molecule has 0 aliphatic heterocycles. The fraction of sp³-hybridized carbons (Fsp3) is 0.0769. The SMILES string of the molecule is Nc1nonc1Cc1cccc2ccccc12. The van der Waals surface area contributed by atoms with E-state index in [1.807, 2.05) is 18.2 Å². The third-order valence-corrected chi connectivity index (χ3v) is 2.82. The van der Waals surface area contributed by atoms with Gasteiger partial charge in [-0.25, -0.2) is 4.63 Å². The Morgan fingerprint density at radius 2 is 1.82 bits per heavy atom. The van der Waals surface area contributed by atoms with Crippen LogP contribution in [0.3, 0.4) is 0 Å². The Kier molecular flexibility index (Phi) is 2.26. The zero-order valence-corrected chi connectivity index (χ0v) is 9.13. The smallest absolute Gasteiger partial charge is 0.191 e. The number of nitrogen functional groups attached to an aromatic ring is 1. The van der Waals surface area contributed by atoms with Crippen molar-refractivity contribution in [2.75, 3.05) is 5.73 Å².